The van der Waals surface area contributed by atoms with Gasteiger partial charge in [0.05, 0.1) is 16.8 Å². The Morgan fingerprint density at radius 3 is 3.00 bits per heavy atom. The van der Waals surface area contributed by atoms with E-state index in [0.29, 0.717) is 24.4 Å². The Labute approximate surface area is 120 Å². The number of amides is 1. The van der Waals surface area contributed by atoms with Gasteiger partial charge >= 0.3 is 0 Å². The van der Waals surface area contributed by atoms with Crippen LogP contribution in [0.1, 0.15) is 19.8 Å². The lowest BCUT2D eigenvalue weighted by molar-refractivity contribution is -0.118. The van der Waals surface area contributed by atoms with Crippen molar-refractivity contribution in [3.05, 3.63) is 28.8 Å². The SMILES string of the molecule is CCCC(=O)N=c1sc2cc(F)ccc2n1CCOC. The smallest absolute Gasteiger partial charge is 0.248 e. The van der Waals surface area contributed by atoms with Gasteiger partial charge in [-0.2, -0.15) is 4.99 Å². The van der Waals surface area contributed by atoms with Gasteiger partial charge in [0, 0.05) is 20.1 Å². The number of carbonyl (C=O) groups excluding carboxylic acids is 1. The number of hydrogen-bond donors (Lipinski definition) is 0. The van der Waals surface area contributed by atoms with E-state index in [9.17, 15) is 9.18 Å². The second-order valence-electron chi connectivity index (χ2n) is 4.40. The van der Waals surface area contributed by atoms with Crippen molar-refractivity contribution in [3.63, 3.8) is 0 Å². The molecule has 0 aliphatic rings. The number of ether oxygens (including phenoxy) is 1. The zero-order chi connectivity index (χ0) is 14.5. The molecule has 0 saturated heterocycles. The van der Waals surface area contributed by atoms with Gasteiger partial charge in [-0.15, -0.1) is 0 Å². The summed E-state index contributed by atoms with van der Waals surface area (Å²) in [4.78, 5) is 16.4. The molecular formula is C14H17FN2O2S. The Kier molecular flexibility index (Phi) is 5.03. The molecule has 0 fully saturated rings. The lowest BCUT2D eigenvalue weighted by atomic mass is 10.3. The quantitative estimate of drug-likeness (QED) is 0.851. The van der Waals surface area contributed by atoms with Gasteiger partial charge in [0.2, 0.25) is 5.91 Å². The highest BCUT2D eigenvalue weighted by Crippen LogP contribution is 2.18. The molecule has 1 amide bonds. The average Bonchev–Trinajstić information content (AvgIpc) is 2.73. The maximum absolute atomic E-state index is 13.3. The van der Waals surface area contributed by atoms with Crippen molar-refractivity contribution >= 4 is 27.5 Å². The first-order chi connectivity index (χ1) is 9.65. The predicted octanol–water partition coefficient (Wildman–Crippen LogP) is 2.72. The Morgan fingerprint density at radius 2 is 2.30 bits per heavy atom. The molecular weight excluding hydrogens is 279 g/mol. The van der Waals surface area contributed by atoms with Gasteiger partial charge in [0.1, 0.15) is 5.82 Å². The normalized spacial score (nSPS) is 12.2. The van der Waals surface area contributed by atoms with Crippen LogP contribution >= 0.6 is 11.3 Å². The van der Waals surface area contributed by atoms with Crippen LogP contribution in [-0.2, 0) is 16.1 Å². The highest BCUT2D eigenvalue weighted by atomic mass is 32.1. The number of hydrogen-bond acceptors (Lipinski definition) is 3. The summed E-state index contributed by atoms with van der Waals surface area (Å²) in [5.41, 5.74) is 0.872. The summed E-state index contributed by atoms with van der Waals surface area (Å²) >= 11 is 1.32. The molecule has 0 aliphatic heterocycles. The molecule has 2 aromatic rings. The van der Waals surface area contributed by atoms with E-state index in [0.717, 1.165) is 16.6 Å². The van der Waals surface area contributed by atoms with E-state index < -0.39 is 0 Å². The number of fused-ring (bicyclic) bond motifs is 1. The van der Waals surface area contributed by atoms with Gasteiger partial charge in [0.25, 0.3) is 0 Å². The summed E-state index contributed by atoms with van der Waals surface area (Å²) in [7, 11) is 1.62. The number of benzene rings is 1. The van der Waals surface area contributed by atoms with E-state index in [1.807, 2.05) is 11.5 Å². The first-order valence-corrected chi connectivity index (χ1v) is 7.32. The Balaban J connectivity index is 2.53. The fraction of sp³-hybridized carbons (Fsp3) is 0.429. The van der Waals surface area contributed by atoms with Crippen LogP contribution in [0.2, 0.25) is 0 Å². The molecule has 0 radical (unpaired) electrons. The highest BCUT2D eigenvalue weighted by Gasteiger charge is 2.08. The first kappa shape index (κ1) is 14.9. The van der Waals surface area contributed by atoms with Crippen LogP contribution in [0.3, 0.4) is 0 Å². The molecule has 0 unspecified atom stereocenters. The highest BCUT2D eigenvalue weighted by molar-refractivity contribution is 7.16. The lowest BCUT2D eigenvalue weighted by Crippen LogP contribution is -2.19. The minimum atomic E-state index is -0.288. The molecule has 108 valence electrons. The third-order valence-corrected chi connectivity index (χ3v) is 3.89. The van der Waals surface area contributed by atoms with Crippen molar-refractivity contribution in [2.24, 2.45) is 4.99 Å². The summed E-state index contributed by atoms with van der Waals surface area (Å²) < 4.78 is 21.0. The minimum Gasteiger partial charge on any atom is -0.383 e. The zero-order valence-electron chi connectivity index (χ0n) is 11.6. The van der Waals surface area contributed by atoms with Crippen molar-refractivity contribution in [1.82, 2.24) is 4.57 Å². The molecule has 0 N–H and O–H groups in total. The first-order valence-electron chi connectivity index (χ1n) is 6.51. The molecule has 1 aromatic carbocycles. The van der Waals surface area contributed by atoms with Crippen LogP contribution in [0, 0.1) is 5.82 Å². The van der Waals surface area contributed by atoms with Gasteiger partial charge < -0.3 is 9.30 Å². The molecule has 0 saturated carbocycles. The molecule has 0 aliphatic carbocycles. The number of thiazole rings is 1. The van der Waals surface area contributed by atoms with Gasteiger partial charge in [-0.25, -0.2) is 4.39 Å². The topological polar surface area (TPSA) is 43.6 Å². The van der Waals surface area contributed by atoms with Crippen LogP contribution in [0.25, 0.3) is 10.2 Å². The van der Waals surface area contributed by atoms with E-state index in [2.05, 4.69) is 4.99 Å². The summed E-state index contributed by atoms with van der Waals surface area (Å²) in [5, 5.41) is 0. The summed E-state index contributed by atoms with van der Waals surface area (Å²) in [6.45, 7) is 3.03. The molecule has 6 heteroatoms. The van der Waals surface area contributed by atoms with E-state index in [1.54, 1.807) is 13.2 Å². The summed E-state index contributed by atoms with van der Waals surface area (Å²) in [5.74, 6) is -0.435. The minimum absolute atomic E-state index is 0.148. The fourth-order valence-corrected chi connectivity index (χ4v) is 3.01. The Bertz CT molecular complexity index is 675. The fourth-order valence-electron chi connectivity index (χ4n) is 1.91. The Hall–Kier alpha value is -1.53. The van der Waals surface area contributed by atoms with Crippen molar-refractivity contribution in [1.29, 1.82) is 0 Å². The van der Waals surface area contributed by atoms with E-state index in [4.69, 9.17) is 4.74 Å². The number of halogens is 1. The molecule has 20 heavy (non-hydrogen) atoms. The van der Waals surface area contributed by atoms with Crippen LogP contribution in [0.4, 0.5) is 4.39 Å². The predicted molar refractivity (Wildman–Crippen MR) is 77.1 cm³/mol. The van der Waals surface area contributed by atoms with Gasteiger partial charge in [-0.3, -0.25) is 4.79 Å². The van der Waals surface area contributed by atoms with Crippen molar-refractivity contribution in [2.45, 2.75) is 26.3 Å². The molecule has 2 rings (SSSR count). The maximum atomic E-state index is 13.3. The molecule has 0 atom stereocenters. The molecule has 1 aromatic heterocycles. The van der Waals surface area contributed by atoms with E-state index in [1.165, 1.54) is 23.5 Å². The van der Waals surface area contributed by atoms with Crippen LogP contribution in [0.5, 0.6) is 0 Å². The van der Waals surface area contributed by atoms with Gasteiger partial charge in [-0.05, 0) is 24.6 Å². The molecule has 1 heterocycles. The third-order valence-electron chi connectivity index (χ3n) is 2.85. The molecule has 0 spiro atoms. The number of aromatic nitrogens is 1. The number of methoxy groups -OCH3 is 1. The van der Waals surface area contributed by atoms with Gasteiger partial charge in [-0.1, -0.05) is 18.3 Å². The van der Waals surface area contributed by atoms with E-state index >= 15 is 0 Å². The summed E-state index contributed by atoms with van der Waals surface area (Å²) in [6, 6.07) is 4.59. The number of rotatable bonds is 5. The van der Waals surface area contributed by atoms with Crippen molar-refractivity contribution in [3.8, 4) is 0 Å². The second-order valence-corrected chi connectivity index (χ2v) is 5.41. The van der Waals surface area contributed by atoms with Crippen LogP contribution in [0.15, 0.2) is 23.2 Å². The van der Waals surface area contributed by atoms with Gasteiger partial charge in [0.15, 0.2) is 4.80 Å². The third kappa shape index (κ3) is 3.32. The van der Waals surface area contributed by atoms with Crippen LogP contribution in [-0.4, -0.2) is 24.2 Å². The average molecular weight is 296 g/mol. The largest absolute Gasteiger partial charge is 0.383 e. The lowest BCUT2D eigenvalue weighted by Gasteiger charge is -2.03. The standard InChI is InChI=1S/C14H17FN2O2S/c1-3-4-13(18)16-14-17(7-8-19-2)11-6-5-10(15)9-12(11)20-14/h5-6,9H,3-4,7-8H2,1-2H3. The number of carbonyl (C=O) groups is 1. The molecule has 4 nitrogen and oxygen atoms in total. The molecule has 0 bridgehead atoms. The monoisotopic (exact) mass is 296 g/mol. The van der Waals surface area contributed by atoms with Crippen LogP contribution < -0.4 is 4.80 Å². The zero-order valence-corrected chi connectivity index (χ0v) is 12.4. The van der Waals surface area contributed by atoms with Crippen molar-refractivity contribution in [2.75, 3.05) is 13.7 Å². The van der Waals surface area contributed by atoms with E-state index in [-0.39, 0.29) is 11.7 Å². The second kappa shape index (κ2) is 6.76. The van der Waals surface area contributed by atoms with Crippen molar-refractivity contribution < 1.29 is 13.9 Å². The Morgan fingerprint density at radius 1 is 1.50 bits per heavy atom. The number of nitrogens with zero attached hydrogens (tertiary/aromatic N) is 2. The summed E-state index contributed by atoms with van der Waals surface area (Å²) in [6.07, 6.45) is 1.19. The maximum Gasteiger partial charge on any atom is 0.248 e.